The lowest BCUT2D eigenvalue weighted by atomic mass is 10.1. The molecule has 0 aliphatic heterocycles. The standard InChI is InChI=1S/C13H14O2S/c1-10-7-13(5-4-11(10)8-14)16-9-12-3-2-6-15-12/h2-7,14H,8-9H2,1H3. The molecule has 0 amide bonds. The van der Waals surface area contributed by atoms with Crippen LogP contribution in [0.4, 0.5) is 0 Å². The molecule has 1 aromatic carbocycles. The molecular formula is C13H14O2S. The third-order valence-corrected chi connectivity index (χ3v) is 3.46. The highest BCUT2D eigenvalue weighted by Crippen LogP contribution is 2.25. The van der Waals surface area contributed by atoms with Crippen molar-refractivity contribution in [2.45, 2.75) is 24.2 Å². The van der Waals surface area contributed by atoms with Crippen LogP contribution in [0.5, 0.6) is 0 Å². The fourth-order valence-corrected chi connectivity index (χ4v) is 2.38. The zero-order valence-electron chi connectivity index (χ0n) is 9.14. The maximum Gasteiger partial charge on any atom is 0.113 e. The number of thioether (sulfide) groups is 1. The van der Waals surface area contributed by atoms with Gasteiger partial charge in [-0.05, 0) is 42.3 Å². The number of rotatable bonds is 4. The van der Waals surface area contributed by atoms with Crippen LogP contribution in [-0.4, -0.2) is 5.11 Å². The molecule has 0 atom stereocenters. The monoisotopic (exact) mass is 234 g/mol. The van der Waals surface area contributed by atoms with Crippen molar-refractivity contribution in [2.24, 2.45) is 0 Å². The van der Waals surface area contributed by atoms with Gasteiger partial charge in [0, 0.05) is 4.90 Å². The predicted octanol–water partition coefficient (Wildman–Crippen LogP) is 3.37. The van der Waals surface area contributed by atoms with Crippen LogP contribution < -0.4 is 0 Å². The molecule has 0 bridgehead atoms. The third kappa shape index (κ3) is 2.68. The van der Waals surface area contributed by atoms with Gasteiger partial charge in [0.2, 0.25) is 0 Å². The fourth-order valence-electron chi connectivity index (χ4n) is 1.48. The fraction of sp³-hybridized carbons (Fsp3) is 0.231. The van der Waals surface area contributed by atoms with Crippen LogP contribution in [0.1, 0.15) is 16.9 Å². The second-order valence-electron chi connectivity index (χ2n) is 3.61. The van der Waals surface area contributed by atoms with E-state index in [9.17, 15) is 0 Å². The predicted molar refractivity (Wildman–Crippen MR) is 65.4 cm³/mol. The molecule has 1 heterocycles. The van der Waals surface area contributed by atoms with Crippen molar-refractivity contribution < 1.29 is 9.52 Å². The first-order valence-electron chi connectivity index (χ1n) is 5.15. The summed E-state index contributed by atoms with van der Waals surface area (Å²) in [5, 5.41) is 9.07. The van der Waals surface area contributed by atoms with Gasteiger partial charge < -0.3 is 9.52 Å². The summed E-state index contributed by atoms with van der Waals surface area (Å²) in [4.78, 5) is 1.20. The van der Waals surface area contributed by atoms with Crippen molar-refractivity contribution in [1.29, 1.82) is 0 Å². The molecule has 0 saturated carbocycles. The Balaban J connectivity index is 2.02. The molecule has 84 valence electrons. The Kier molecular flexibility index (Phi) is 3.70. The van der Waals surface area contributed by atoms with Gasteiger partial charge in [0.15, 0.2) is 0 Å². The summed E-state index contributed by atoms with van der Waals surface area (Å²) in [5.41, 5.74) is 2.12. The molecule has 2 rings (SSSR count). The van der Waals surface area contributed by atoms with Crippen LogP contribution in [-0.2, 0) is 12.4 Å². The number of benzene rings is 1. The lowest BCUT2D eigenvalue weighted by Crippen LogP contribution is -1.88. The van der Waals surface area contributed by atoms with Crippen LogP contribution >= 0.6 is 11.8 Å². The summed E-state index contributed by atoms with van der Waals surface area (Å²) in [6.45, 7) is 2.12. The largest absolute Gasteiger partial charge is 0.468 e. The van der Waals surface area contributed by atoms with E-state index in [1.165, 1.54) is 4.90 Å². The topological polar surface area (TPSA) is 33.4 Å². The van der Waals surface area contributed by atoms with Gasteiger partial charge in [-0.15, -0.1) is 11.8 Å². The first-order chi connectivity index (χ1) is 7.79. The Morgan fingerprint density at radius 1 is 1.31 bits per heavy atom. The second-order valence-corrected chi connectivity index (χ2v) is 4.66. The van der Waals surface area contributed by atoms with Crippen LogP contribution in [0.25, 0.3) is 0 Å². The SMILES string of the molecule is Cc1cc(SCc2ccco2)ccc1CO. The van der Waals surface area contributed by atoms with Crippen molar-refractivity contribution in [3.63, 3.8) is 0 Å². The van der Waals surface area contributed by atoms with E-state index in [2.05, 4.69) is 6.07 Å². The minimum absolute atomic E-state index is 0.106. The number of aryl methyl sites for hydroxylation is 1. The minimum Gasteiger partial charge on any atom is -0.468 e. The van der Waals surface area contributed by atoms with Gasteiger partial charge in [-0.25, -0.2) is 0 Å². The number of hydrogen-bond donors (Lipinski definition) is 1. The van der Waals surface area contributed by atoms with Crippen molar-refractivity contribution in [2.75, 3.05) is 0 Å². The number of aliphatic hydroxyl groups excluding tert-OH is 1. The third-order valence-electron chi connectivity index (χ3n) is 2.45. The molecule has 2 aromatic rings. The van der Waals surface area contributed by atoms with Crippen molar-refractivity contribution in [1.82, 2.24) is 0 Å². The Hall–Kier alpha value is -1.19. The molecule has 0 fully saturated rings. The Morgan fingerprint density at radius 2 is 2.19 bits per heavy atom. The van der Waals surface area contributed by atoms with Crippen LogP contribution in [0, 0.1) is 6.92 Å². The highest BCUT2D eigenvalue weighted by atomic mass is 32.2. The van der Waals surface area contributed by atoms with Gasteiger partial charge in [0.05, 0.1) is 18.6 Å². The van der Waals surface area contributed by atoms with E-state index in [0.717, 1.165) is 22.6 Å². The van der Waals surface area contributed by atoms with E-state index in [0.29, 0.717) is 0 Å². The number of furan rings is 1. The highest BCUT2D eigenvalue weighted by molar-refractivity contribution is 7.98. The quantitative estimate of drug-likeness (QED) is 0.823. The maximum absolute atomic E-state index is 9.07. The van der Waals surface area contributed by atoms with Gasteiger partial charge in [-0.3, -0.25) is 0 Å². The lowest BCUT2D eigenvalue weighted by Gasteiger charge is -2.05. The summed E-state index contributed by atoms with van der Waals surface area (Å²) in [6, 6.07) is 9.98. The number of aliphatic hydroxyl groups is 1. The van der Waals surface area contributed by atoms with E-state index in [4.69, 9.17) is 9.52 Å². The Bertz CT molecular complexity index is 449. The minimum atomic E-state index is 0.106. The molecule has 0 aliphatic rings. The Morgan fingerprint density at radius 3 is 2.81 bits per heavy atom. The summed E-state index contributed by atoms with van der Waals surface area (Å²) in [7, 11) is 0. The number of hydrogen-bond acceptors (Lipinski definition) is 3. The maximum atomic E-state index is 9.07. The van der Waals surface area contributed by atoms with E-state index < -0.39 is 0 Å². The molecule has 16 heavy (non-hydrogen) atoms. The van der Waals surface area contributed by atoms with Gasteiger partial charge in [0.25, 0.3) is 0 Å². The molecule has 3 heteroatoms. The molecule has 0 saturated heterocycles. The van der Waals surface area contributed by atoms with Crippen LogP contribution in [0.3, 0.4) is 0 Å². The van der Waals surface area contributed by atoms with Crippen molar-refractivity contribution in [3.05, 3.63) is 53.5 Å². The van der Waals surface area contributed by atoms with Crippen LogP contribution in [0.2, 0.25) is 0 Å². The molecule has 0 unspecified atom stereocenters. The average molecular weight is 234 g/mol. The van der Waals surface area contributed by atoms with Gasteiger partial charge >= 0.3 is 0 Å². The van der Waals surface area contributed by atoms with Crippen molar-refractivity contribution >= 4 is 11.8 Å². The zero-order chi connectivity index (χ0) is 11.4. The van der Waals surface area contributed by atoms with Gasteiger partial charge in [-0.1, -0.05) is 6.07 Å². The highest BCUT2D eigenvalue weighted by Gasteiger charge is 2.01. The van der Waals surface area contributed by atoms with Gasteiger partial charge in [0.1, 0.15) is 5.76 Å². The molecule has 2 nitrogen and oxygen atoms in total. The molecule has 1 aromatic heterocycles. The van der Waals surface area contributed by atoms with Gasteiger partial charge in [-0.2, -0.15) is 0 Å². The summed E-state index contributed by atoms with van der Waals surface area (Å²) >= 11 is 1.74. The lowest BCUT2D eigenvalue weighted by molar-refractivity contribution is 0.281. The molecule has 1 N–H and O–H groups in total. The van der Waals surface area contributed by atoms with E-state index >= 15 is 0 Å². The molecule has 0 aliphatic carbocycles. The summed E-state index contributed by atoms with van der Waals surface area (Å²) < 4.78 is 5.27. The zero-order valence-corrected chi connectivity index (χ0v) is 9.96. The molecular weight excluding hydrogens is 220 g/mol. The van der Waals surface area contributed by atoms with Crippen LogP contribution in [0.15, 0.2) is 45.9 Å². The van der Waals surface area contributed by atoms with E-state index in [1.54, 1.807) is 18.0 Å². The van der Waals surface area contributed by atoms with E-state index in [1.807, 2.05) is 31.2 Å². The molecule has 0 radical (unpaired) electrons. The summed E-state index contributed by atoms with van der Waals surface area (Å²) in [6.07, 6.45) is 1.69. The first-order valence-corrected chi connectivity index (χ1v) is 6.13. The first kappa shape index (κ1) is 11.3. The molecule has 0 spiro atoms. The van der Waals surface area contributed by atoms with Crippen molar-refractivity contribution in [3.8, 4) is 0 Å². The normalized spacial score (nSPS) is 10.6. The van der Waals surface area contributed by atoms with E-state index in [-0.39, 0.29) is 6.61 Å². The summed E-state index contributed by atoms with van der Waals surface area (Å²) in [5.74, 6) is 1.82. The average Bonchev–Trinajstić information content (AvgIpc) is 2.79. The Labute approximate surface area is 99.3 Å². The second kappa shape index (κ2) is 5.23. The smallest absolute Gasteiger partial charge is 0.113 e.